The molecule has 0 atom stereocenters. The van der Waals surface area contributed by atoms with Gasteiger partial charge in [-0.1, -0.05) is 51.3 Å². The summed E-state index contributed by atoms with van der Waals surface area (Å²) in [6, 6.07) is 11.5. The SMILES string of the molecule is CN(Cc1cccc(Br)c1)c1c(Cl)cc(N)cc1Cl. The molecule has 0 amide bonds. The van der Waals surface area contributed by atoms with E-state index < -0.39 is 0 Å². The molecular formula is C14H13BrCl2N2. The largest absolute Gasteiger partial charge is 0.399 e. The Balaban J connectivity index is 2.28. The Morgan fingerprint density at radius 2 is 1.79 bits per heavy atom. The zero-order valence-corrected chi connectivity index (χ0v) is 13.4. The molecule has 0 saturated heterocycles. The highest BCUT2D eigenvalue weighted by molar-refractivity contribution is 9.10. The van der Waals surface area contributed by atoms with Crippen LogP contribution in [0.1, 0.15) is 5.56 Å². The second kappa shape index (κ2) is 6.04. The number of hydrogen-bond acceptors (Lipinski definition) is 2. The fourth-order valence-electron chi connectivity index (χ4n) is 1.94. The van der Waals surface area contributed by atoms with E-state index in [2.05, 4.69) is 28.1 Å². The van der Waals surface area contributed by atoms with Crippen molar-refractivity contribution < 1.29 is 0 Å². The monoisotopic (exact) mass is 358 g/mol. The standard InChI is InChI=1S/C14H13BrCl2N2/c1-19(8-9-3-2-4-10(15)5-9)14-12(16)6-11(18)7-13(14)17/h2-7H,8,18H2,1H3. The van der Waals surface area contributed by atoms with Gasteiger partial charge in [0.25, 0.3) is 0 Å². The average Bonchev–Trinajstić information content (AvgIpc) is 2.27. The molecule has 0 fully saturated rings. The maximum Gasteiger partial charge on any atom is 0.0746 e. The summed E-state index contributed by atoms with van der Waals surface area (Å²) in [5.74, 6) is 0. The van der Waals surface area contributed by atoms with Crippen LogP contribution >= 0.6 is 39.1 Å². The first-order valence-electron chi connectivity index (χ1n) is 5.67. The first-order valence-corrected chi connectivity index (χ1v) is 7.22. The van der Waals surface area contributed by atoms with Crippen molar-refractivity contribution in [3.63, 3.8) is 0 Å². The number of rotatable bonds is 3. The second-order valence-electron chi connectivity index (χ2n) is 4.32. The number of nitrogen functional groups attached to an aromatic ring is 1. The van der Waals surface area contributed by atoms with Crippen molar-refractivity contribution >= 4 is 50.5 Å². The zero-order valence-electron chi connectivity index (χ0n) is 10.3. The Bertz CT molecular complexity index is 579. The Hall–Kier alpha value is -0.900. The van der Waals surface area contributed by atoms with Crippen molar-refractivity contribution in [2.75, 3.05) is 17.7 Å². The third-order valence-corrected chi connectivity index (χ3v) is 3.80. The number of anilines is 2. The van der Waals surface area contributed by atoms with Crippen molar-refractivity contribution in [1.82, 2.24) is 0 Å². The fourth-order valence-corrected chi connectivity index (χ4v) is 3.18. The molecule has 2 N–H and O–H groups in total. The summed E-state index contributed by atoms with van der Waals surface area (Å²) in [5, 5.41) is 1.12. The summed E-state index contributed by atoms with van der Waals surface area (Å²) in [6.07, 6.45) is 0. The van der Waals surface area contributed by atoms with Crippen molar-refractivity contribution in [2.45, 2.75) is 6.54 Å². The first-order chi connectivity index (χ1) is 8.97. The molecule has 0 unspecified atom stereocenters. The first kappa shape index (κ1) is 14.5. The van der Waals surface area contributed by atoms with Crippen molar-refractivity contribution in [3.05, 3.63) is 56.5 Å². The van der Waals surface area contributed by atoms with Crippen LogP contribution < -0.4 is 10.6 Å². The lowest BCUT2D eigenvalue weighted by atomic mass is 10.2. The van der Waals surface area contributed by atoms with Gasteiger partial charge in [-0.25, -0.2) is 0 Å². The van der Waals surface area contributed by atoms with Crippen LogP contribution in [-0.2, 0) is 6.54 Å². The van der Waals surface area contributed by atoms with Gasteiger partial charge in [0.05, 0.1) is 15.7 Å². The van der Waals surface area contributed by atoms with Gasteiger partial charge < -0.3 is 10.6 Å². The van der Waals surface area contributed by atoms with E-state index in [0.29, 0.717) is 22.3 Å². The van der Waals surface area contributed by atoms with Gasteiger partial charge in [-0.2, -0.15) is 0 Å². The van der Waals surface area contributed by atoms with E-state index in [1.54, 1.807) is 12.1 Å². The van der Waals surface area contributed by atoms with Crippen LogP contribution in [0.25, 0.3) is 0 Å². The highest BCUT2D eigenvalue weighted by Gasteiger charge is 2.12. The number of hydrogen-bond donors (Lipinski definition) is 1. The number of halogens is 3. The molecule has 2 aromatic carbocycles. The molecule has 0 spiro atoms. The highest BCUT2D eigenvalue weighted by atomic mass is 79.9. The van der Waals surface area contributed by atoms with E-state index in [-0.39, 0.29) is 0 Å². The van der Waals surface area contributed by atoms with Crippen LogP contribution in [0.3, 0.4) is 0 Å². The van der Waals surface area contributed by atoms with Crippen LogP contribution in [0.5, 0.6) is 0 Å². The van der Waals surface area contributed by atoms with E-state index in [1.807, 2.05) is 24.1 Å². The van der Waals surface area contributed by atoms with Crippen LogP contribution in [0.4, 0.5) is 11.4 Å². The molecule has 0 aliphatic rings. The maximum absolute atomic E-state index is 6.21. The van der Waals surface area contributed by atoms with E-state index in [0.717, 1.165) is 10.2 Å². The van der Waals surface area contributed by atoms with Crippen LogP contribution in [0.15, 0.2) is 40.9 Å². The number of nitrogens with zero attached hydrogens (tertiary/aromatic N) is 1. The Kier molecular flexibility index (Phi) is 4.61. The Morgan fingerprint density at radius 1 is 1.16 bits per heavy atom. The molecule has 2 rings (SSSR count). The molecule has 2 nitrogen and oxygen atoms in total. The smallest absolute Gasteiger partial charge is 0.0746 e. The average molecular weight is 360 g/mol. The predicted octanol–water partition coefficient (Wildman–Crippen LogP) is 4.97. The lowest BCUT2D eigenvalue weighted by Crippen LogP contribution is -2.17. The Labute approximate surface area is 131 Å². The quantitative estimate of drug-likeness (QED) is 0.783. The maximum atomic E-state index is 6.21. The van der Waals surface area contributed by atoms with Gasteiger partial charge >= 0.3 is 0 Å². The second-order valence-corrected chi connectivity index (χ2v) is 6.05. The van der Waals surface area contributed by atoms with Crippen LogP contribution in [-0.4, -0.2) is 7.05 Å². The molecule has 19 heavy (non-hydrogen) atoms. The minimum atomic E-state index is 0.558. The van der Waals surface area contributed by atoms with Gasteiger partial charge in [0.2, 0.25) is 0 Å². The van der Waals surface area contributed by atoms with Crippen molar-refractivity contribution in [2.24, 2.45) is 0 Å². The van der Waals surface area contributed by atoms with Gasteiger partial charge in [-0.15, -0.1) is 0 Å². The minimum Gasteiger partial charge on any atom is -0.399 e. The molecule has 0 aliphatic heterocycles. The van der Waals surface area contributed by atoms with Crippen molar-refractivity contribution in [3.8, 4) is 0 Å². The van der Waals surface area contributed by atoms with Gasteiger partial charge in [0.1, 0.15) is 0 Å². The molecule has 0 aliphatic carbocycles. The predicted molar refractivity (Wildman–Crippen MR) is 87.1 cm³/mol. The molecule has 0 radical (unpaired) electrons. The summed E-state index contributed by atoms with van der Waals surface area (Å²) in [4.78, 5) is 2.01. The Morgan fingerprint density at radius 3 is 2.37 bits per heavy atom. The molecular weight excluding hydrogens is 347 g/mol. The number of benzene rings is 2. The van der Waals surface area contributed by atoms with Crippen LogP contribution in [0, 0.1) is 0 Å². The highest BCUT2D eigenvalue weighted by Crippen LogP contribution is 2.36. The lowest BCUT2D eigenvalue weighted by molar-refractivity contribution is 0.923. The molecule has 100 valence electrons. The van der Waals surface area contributed by atoms with Gasteiger partial charge in [0, 0.05) is 23.8 Å². The lowest BCUT2D eigenvalue weighted by Gasteiger charge is -2.22. The van der Waals surface area contributed by atoms with E-state index in [9.17, 15) is 0 Å². The van der Waals surface area contributed by atoms with Gasteiger partial charge in [0.15, 0.2) is 0 Å². The summed E-state index contributed by atoms with van der Waals surface area (Å²) in [6.45, 7) is 0.711. The van der Waals surface area contributed by atoms with Crippen molar-refractivity contribution in [1.29, 1.82) is 0 Å². The summed E-state index contributed by atoms with van der Waals surface area (Å²) in [7, 11) is 1.95. The molecule has 2 aromatic rings. The fraction of sp³-hybridized carbons (Fsp3) is 0.143. The number of nitrogens with two attached hydrogens (primary N) is 1. The summed E-state index contributed by atoms with van der Waals surface area (Å²) in [5.41, 5.74) is 8.23. The third kappa shape index (κ3) is 3.56. The summed E-state index contributed by atoms with van der Waals surface area (Å²) >= 11 is 15.9. The van der Waals surface area contributed by atoms with Crippen LogP contribution in [0.2, 0.25) is 10.0 Å². The minimum absolute atomic E-state index is 0.558. The van der Waals surface area contributed by atoms with E-state index >= 15 is 0 Å². The molecule has 0 heterocycles. The molecule has 0 bridgehead atoms. The van der Waals surface area contributed by atoms with Gasteiger partial charge in [-0.3, -0.25) is 0 Å². The molecule has 5 heteroatoms. The van der Waals surface area contributed by atoms with E-state index in [4.69, 9.17) is 28.9 Å². The normalized spacial score (nSPS) is 10.5. The zero-order chi connectivity index (χ0) is 14.0. The molecule has 0 aromatic heterocycles. The van der Waals surface area contributed by atoms with E-state index in [1.165, 1.54) is 5.56 Å². The third-order valence-electron chi connectivity index (χ3n) is 2.73. The van der Waals surface area contributed by atoms with Gasteiger partial charge in [-0.05, 0) is 29.8 Å². The summed E-state index contributed by atoms with van der Waals surface area (Å²) < 4.78 is 1.05. The topological polar surface area (TPSA) is 29.3 Å². The molecule has 0 saturated carbocycles.